The smallest absolute Gasteiger partial charge is 0.159 e. The van der Waals surface area contributed by atoms with Crippen molar-refractivity contribution in [3.63, 3.8) is 0 Å². The molecule has 1 aliphatic heterocycles. The predicted octanol–water partition coefficient (Wildman–Crippen LogP) is 4.16. The van der Waals surface area contributed by atoms with Crippen LogP contribution in [0.3, 0.4) is 0 Å². The zero-order valence-electron chi connectivity index (χ0n) is 13.4. The number of rotatable bonds is 3. The molecular formula is C18H16F2N4. The van der Waals surface area contributed by atoms with Crippen LogP contribution in [-0.2, 0) is 6.54 Å². The number of para-hydroxylation sites is 1. The highest BCUT2D eigenvalue weighted by Gasteiger charge is 2.25. The molecule has 122 valence electrons. The lowest BCUT2D eigenvalue weighted by Crippen LogP contribution is -2.10. The average molecular weight is 326 g/mol. The molecule has 2 aromatic rings. The Morgan fingerprint density at radius 1 is 1.25 bits per heavy atom. The van der Waals surface area contributed by atoms with Gasteiger partial charge in [0, 0.05) is 5.56 Å². The summed E-state index contributed by atoms with van der Waals surface area (Å²) in [5, 5.41) is 8.16. The number of halogens is 2. The van der Waals surface area contributed by atoms with E-state index in [4.69, 9.17) is 0 Å². The molecular weight excluding hydrogens is 310 g/mol. The lowest BCUT2D eigenvalue weighted by Gasteiger charge is -2.13. The minimum atomic E-state index is -0.867. The molecule has 0 spiro atoms. The van der Waals surface area contributed by atoms with E-state index in [-0.39, 0.29) is 17.8 Å². The zero-order valence-corrected chi connectivity index (χ0v) is 13.4. The largest absolute Gasteiger partial charge is 0.281 e. The molecule has 24 heavy (non-hydrogen) atoms. The SMILES string of the molecule is C=C(F)/C(C1=NCc2nnc(C)n2-c2ccccc21)=C(F)\C=C/C. The van der Waals surface area contributed by atoms with Crippen molar-refractivity contribution in [2.24, 2.45) is 4.99 Å². The molecule has 0 saturated carbocycles. The molecule has 0 bridgehead atoms. The molecule has 0 saturated heterocycles. The molecule has 3 rings (SSSR count). The van der Waals surface area contributed by atoms with Gasteiger partial charge < -0.3 is 0 Å². The Bertz CT molecular complexity index is 903. The Morgan fingerprint density at radius 3 is 2.71 bits per heavy atom. The van der Waals surface area contributed by atoms with E-state index in [0.29, 0.717) is 17.2 Å². The first-order chi connectivity index (χ1) is 11.5. The minimum Gasteiger partial charge on any atom is -0.281 e. The maximum atomic E-state index is 14.4. The molecule has 0 atom stereocenters. The number of aliphatic imine (C=N–C) groups is 1. The zero-order chi connectivity index (χ0) is 17.3. The Balaban J connectivity index is 2.30. The third-order valence-electron chi connectivity index (χ3n) is 3.73. The van der Waals surface area contributed by atoms with Gasteiger partial charge >= 0.3 is 0 Å². The first-order valence-electron chi connectivity index (χ1n) is 7.47. The maximum absolute atomic E-state index is 14.4. The number of hydrogen-bond donors (Lipinski definition) is 0. The van der Waals surface area contributed by atoms with Crippen LogP contribution in [-0.4, -0.2) is 20.5 Å². The van der Waals surface area contributed by atoms with E-state index in [9.17, 15) is 8.78 Å². The number of benzene rings is 1. The van der Waals surface area contributed by atoms with E-state index in [1.165, 1.54) is 12.2 Å². The maximum Gasteiger partial charge on any atom is 0.159 e. The molecule has 0 N–H and O–H groups in total. The second kappa shape index (κ2) is 6.31. The summed E-state index contributed by atoms with van der Waals surface area (Å²) < 4.78 is 30.3. The van der Waals surface area contributed by atoms with E-state index in [0.717, 1.165) is 5.69 Å². The fourth-order valence-electron chi connectivity index (χ4n) is 2.74. The Hall–Kier alpha value is -2.89. The van der Waals surface area contributed by atoms with Crippen molar-refractivity contribution in [3.05, 3.63) is 77.4 Å². The predicted molar refractivity (Wildman–Crippen MR) is 89.5 cm³/mol. The summed E-state index contributed by atoms with van der Waals surface area (Å²) >= 11 is 0. The molecule has 0 amide bonds. The lowest BCUT2D eigenvalue weighted by atomic mass is 9.98. The Kier molecular flexibility index (Phi) is 4.20. The van der Waals surface area contributed by atoms with Crippen LogP contribution in [0.4, 0.5) is 8.78 Å². The molecule has 0 radical (unpaired) electrons. The van der Waals surface area contributed by atoms with Gasteiger partial charge in [-0.05, 0) is 26.0 Å². The quantitative estimate of drug-likeness (QED) is 0.795. The number of hydrogen-bond acceptors (Lipinski definition) is 3. The third-order valence-corrected chi connectivity index (χ3v) is 3.73. The summed E-state index contributed by atoms with van der Waals surface area (Å²) in [6.07, 6.45) is 2.70. The van der Waals surface area contributed by atoms with Crippen molar-refractivity contribution in [1.29, 1.82) is 0 Å². The number of aromatic nitrogens is 3. The van der Waals surface area contributed by atoms with Gasteiger partial charge in [0.05, 0.1) is 17.0 Å². The molecule has 6 heteroatoms. The van der Waals surface area contributed by atoms with E-state index in [1.807, 2.05) is 23.6 Å². The topological polar surface area (TPSA) is 43.1 Å². The van der Waals surface area contributed by atoms with Crippen LogP contribution in [0.1, 0.15) is 24.1 Å². The van der Waals surface area contributed by atoms with Gasteiger partial charge in [-0.15, -0.1) is 10.2 Å². The second-order valence-corrected chi connectivity index (χ2v) is 5.31. The highest BCUT2D eigenvalue weighted by molar-refractivity contribution is 6.17. The van der Waals surface area contributed by atoms with Gasteiger partial charge in [-0.25, -0.2) is 8.78 Å². The second-order valence-electron chi connectivity index (χ2n) is 5.31. The summed E-state index contributed by atoms with van der Waals surface area (Å²) in [5.41, 5.74) is 1.32. The van der Waals surface area contributed by atoms with Gasteiger partial charge in [0.15, 0.2) is 5.82 Å². The van der Waals surface area contributed by atoms with Crippen molar-refractivity contribution in [2.75, 3.05) is 0 Å². The van der Waals surface area contributed by atoms with Crippen LogP contribution in [0.5, 0.6) is 0 Å². The van der Waals surface area contributed by atoms with Crippen molar-refractivity contribution in [3.8, 4) is 5.69 Å². The molecule has 1 aliphatic rings. The summed E-state index contributed by atoms with van der Waals surface area (Å²) in [4.78, 5) is 4.40. The van der Waals surface area contributed by atoms with E-state index >= 15 is 0 Å². The van der Waals surface area contributed by atoms with Gasteiger partial charge in [-0.3, -0.25) is 9.56 Å². The first-order valence-corrected chi connectivity index (χ1v) is 7.47. The van der Waals surface area contributed by atoms with Crippen LogP contribution < -0.4 is 0 Å². The number of nitrogens with zero attached hydrogens (tertiary/aromatic N) is 4. The van der Waals surface area contributed by atoms with Crippen LogP contribution >= 0.6 is 0 Å². The van der Waals surface area contributed by atoms with E-state index in [1.54, 1.807) is 19.1 Å². The van der Waals surface area contributed by atoms with Crippen molar-refractivity contribution >= 4 is 5.71 Å². The van der Waals surface area contributed by atoms with Crippen molar-refractivity contribution in [2.45, 2.75) is 20.4 Å². The van der Waals surface area contributed by atoms with Crippen LogP contribution in [0.15, 0.2) is 65.2 Å². The summed E-state index contributed by atoms with van der Waals surface area (Å²) in [5.74, 6) is -0.279. The fraction of sp³-hybridized carbons (Fsp3) is 0.167. The standard InChI is InChI=1S/C18H16F2N4/c1-4-7-14(20)17(11(2)19)18-13-8-5-6-9-15(13)24-12(3)22-23-16(24)10-21-18/h4-9H,2,10H2,1,3H3/b7-4-,17-14-. The van der Waals surface area contributed by atoms with Crippen LogP contribution in [0.2, 0.25) is 0 Å². The van der Waals surface area contributed by atoms with Gasteiger partial charge in [0.2, 0.25) is 0 Å². The van der Waals surface area contributed by atoms with Crippen LogP contribution in [0, 0.1) is 6.92 Å². The third kappa shape index (κ3) is 2.60. The normalized spacial score (nSPS) is 14.6. The number of fused-ring (bicyclic) bond motifs is 3. The van der Waals surface area contributed by atoms with Gasteiger partial charge in [-0.1, -0.05) is 30.9 Å². The average Bonchev–Trinajstić information content (AvgIpc) is 2.83. The molecule has 0 aliphatic carbocycles. The molecule has 1 aromatic heterocycles. The molecule has 0 fully saturated rings. The Labute approximate surface area is 138 Å². The summed E-state index contributed by atoms with van der Waals surface area (Å²) in [6.45, 7) is 6.93. The van der Waals surface area contributed by atoms with Crippen molar-refractivity contribution in [1.82, 2.24) is 14.8 Å². The molecule has 0 unspecified atom stereocenters. The van der Waals surface area contributed by atoms with E-state index < -0.39 is 11.7 Å². The molecule has 2 heterocycles. The summed E-state index contributed by atoms with van der Waals surface area (Å²) in [7, 11) is 0. The molecule has 4 nitrogen and oxygen atoms in total. The van der Waals surface area contributed by atoms with Crippen molar-refractivity contribution < 1.29 is 8.78 Å². The highest BCUT2D eigenvalue weighted by Crippen LogP contribution is 2.29. The number of aryl methyl sites for hydroxylation is 1. The molecule has 1 aromatic carbocycles. The summed E-state index contributed by atoms with van der Waals surface area (Å²) in [6, 6.07) is 7.27. The monoisotopic (exact) mass is 326 g/mol. The lowest BCUT2D eigenvalue weighted by molar-refractivity contribution is 0.623. The van der Waals surface area contributed by atoms with Gasteiger partial charge in [0.25, 0.3) is 0 Å². The first kappa shape index (κ1) is 16.0. The van der Waals surface area contributed by atoms with Gasteiger partial charge in [-0.2, -0.15) is 0 Å². The van der Waals surface area contributed by atoms with E-state index in [2.05, 4.69) is 21.8 Å². The van der Waals surface area contributed by atoms with Crippen LogP contribution in [0.25, 0.3) is 5.69 Å². The number of allylic oxidation sites excluding steroid dienone is 5. The van der Waals surface area contributed by atoms with Gasteiger partial charge in [0.1, 0.15) is 24.0 Å². The Morgan fingerprint density at radius 2 is 2.00 bits per heavy atom. The fourth-order valence-corrected chi connectivity index (χ4v) is 2.74. The highest BCUT2D eigenvalue weighted by atomic mass is 19.1. The minimum absolute atomic E-state index is 0.171.